The summed E-state index contributed by atoms with van der Waals surface area (Å²) in [5.41, 5.74) is 5.96. The van der Waals surface area contributed by atoms with Crippen LogP contribution in [-0.2, 0) is 4.79 Å². The molecule has 0 aromatic carbocycles. The number of aromatic nitrogens is 4. The van der Waals surface area contributed by atoms with Crippen LogP contribution >= 0.6 is 11.6 Å². The molecule has 94 valence electrons. The Balaban J connectivity index is 2.13. The number of nitrogens with zero attached hydrogens (tertiary/aromatic N) is 4. The predicted molar refractivity (Wildman–Crippen MR) is 66.3 cm³/mol. The zero-order valence-electron chi connectivity index (χ0n) is 9.43. The van der Waals surface area contributed by atoms with Gasteiger partial charge in [0.25, 0.3) is 0 Å². The van der Waals surface area contributed by atoms with E-state index in [4.69, 9.17) is 17.3 Å². The summed E-state index contributed by atoms with van der Waals surface area (Å²) < 4.78 is 0. The second-order valence-corrected chi connectivity index (χ2v) is 4.54. The minimum atomic E-state index is -0.348. The molecular weight excluding hydrogens is 256 g/mol. The van der Waals surface area contributed by atoms with E-state index in [0.717, 1.165) is 24.8 Å². The van der Waals surface area contributed by atoms with E-state index in [1.54, 1.807) is 6.20 Å². The van der Waals surface area contributed by atoms with Crippen LogP contribution in [0.25, 0.3) is 11.0 Å². The van der Waals surface area contributed by atoms with Crippen molar-refractivity contribution in [3.63, 3.8) is 0 Å². The van der Waals surface area contributed by atoms with Gasteiger partial charge in [-0.3, -0.25) is 9.89 Å². The molecule has 1 aliphatic heterocycles. The van der Waals surface area contributed by atoms with Crippen LogP contribution in [0.15, 0.2) is 6.20 Å². The first kappa shape index (κ1) is 11.2. The van der Waals surface area contributed by atoms with Gasteiger partial charge in [-0.1, -0.05) is 0 Å². The lowest BCUT2D eigenvalue weighted by molar-refractivity contribution is -0.119. The number of anilines is 1. The average molecular weight is 267 g/mol. The Labute approximate surface area is 107 Å². The van der Waals surface area contributed by atoms with Gasteiger partial charge in [0.15, 0.2) is 5.65 Å². The highest BCUT2D eigenvalue weighted by Crippen LogP contribution is 2.29. The second kappa shape index (κ2) is 4.09. The number of aromatic amines is 1. The number of carbonyl (C=O) groups excluding carboxylic acids is 1. The number of halogens is 1. The third-order valence-corrected chi connectivity index (χ3v) is 3.28. The van der Waals surface area contributed by atoms with Gasteiger partial charge in [-0.05, 0) is 24.4 Å². The highest BCUT2D eigenvalue weighted by Gasteiger charge is 2.31. The van der Waals surface area contributed by atoms with Crippen molar-refractivity contribution in [1.29, 1.82) is 0 Å². The lowest BCUT2D eigenvalue weighted by Crippen LogP contribution is -2.40. The molecule has 3 rings (SSSR count). The normalized spacial score (nSPS) is 19.6. The summed E-state index contributed by atoms with van der Waals surface area (Å²) in [5, 5.41) is 7.52. The highest BCUT2D eigenvalue weighted by atomic mass is 35.5. The van der Waals surface area contributed by atoms with Gasteiger partial charge in [-0.25, -0.2) is 0 Å². The lowest BCUT2D eigenvalue weighted by atomic mass is 10.2. The molecule has 2 aromatic heterocycles. The second-order valence-electron chi connectivity index (χ2n) is 4.20. The number of nitrogens with one attached hydrogen (secondary N) is 1. The molecule has 7 nitrogen and oxygen atoms in total. The maximum absolute atomic E-state index is 11.4. The molecule has 1 atom stereocenters. The van der Waals surface area contributed by atoms with Gasteiger partial charge in [0.05, 0.1) is 11.6 Å². The van der Waals surface area contributed by atoms with Crippen molar-refractivity contribution in [2.45, 2.75) is 18.9 Å². The molecule has 0 bridgehead atoms. The Hall–Kier alpha value is -1.89. The Bertz CT molecular complexity index is 611. The Kier molecular flexibility index (Phi) is 2.55. The van der Waals surface area contributed by atoms with Crippen molar-refractivity contribution in [2.75, 3.05) is 11.4 Å². The number of hydrogen-bond acceptors (Lipinski definition) is 5. The summed E-state index contributed by atoms with van der Waals surface area (Å²) in [6.07, 6.45) is 3.25. The number of amides is 1. The summed E-state index contributed by atoms with van der Waals surface area (Å²) in [7, 11) is 0. The van der Waals surface area contributed by atoms with Gasteiger partial charge < -0.3 is 10.6 Å². The van der Waals surface area contributed by atoms with E-state index in [0.29, 0.717) is 11.5 Å². The lowest BCUT2D eigenvalue weighted by Gasteiger charge is -2.23. The van der Waals surface area contributed by atoms with E-state index in [1.165, 1.54) is 0 Å². The van der Waals surface area contributed by atoms with Crippen molar-refractivity contribution < 1.29 is 4.79 Å². The van der Waals surface area contributed by atoms with Gasteiger partial charge in [0, 0.05) is 6.54 Å². The molecule has 1 aliphatic rings. The Morgan fingerprint density at radius 1 is 1.56 bits per heavy atom. The van der Waals surface area contributed by atoms with Crippen LogP contribution in [0.5, 0.6) is 0 Å². The minimum absolute atomic E-state index is 0.122. The van der Waals surface area contributed by atoms with Crippen molar-refractivity contribution in [2.24, 2.45) is 5.73 Å². The zero-order chi connectivity index (χ0) is 12.7. The third-order valence-electron chi connectivity index (χ3n) is 3.12. The van der Waals surface area contributed by atoms with Gasteiger partial charge >= 0.3 is 0 Å². The minimum Gasteiger partial charge on any atom is -0.368 e. The van der Waals surface area contributed by atoms with E-state index in [-0.39, 0.29) is 17.2 Å². The molecule has 1 amide bonds. The fraction of sp³-hybridized carbons (Fsp3) is 0.400. The molecule has 0 radical (unpaired) electrons. The smallest absolute Gasteiger partial charge is 0.240 e. The van der Waals surface area contributed by atoms with Crippen LogP contribution in [0.1, 0.15) is 12.8 Å². The molecule has 18 heavy (non-hydrogen) atoms. The molecule has 3 N–H and O–H groups in total. The van der Waals surface area contributed by atoms with E-state index >= 15 is 0 Å². The van der Waals surface area contributed by atoms with E-state index in [1.807, 2.05) is 4.90 Å². The molecular formula is C10H11ClN6O. The van der Waals surface area contributed by atoms with E-state index < -0.39 is 0 Å². The van der Waals surface area contributed by atoms with Crippen molar-refractivity contribution in [3.8, 4) is 0 Å². The zero-order valence-corrected chi connectivity index (χ0v) is 10.2. The molecule has 1 unspecified atom stereocenters. The first-order valence-corrected chi connectivity index (χ1v) is 5.97. The van der Waals surface area contributed by atoms with Crippen LogP contribution in [0.2, 0.25) is 5.28 Å². The number of carbonyl (C=O) groups is 1. The fourth-order valence-corrected chi connectivity index (χ4v) is 2.49. The van der Waals surface area contributed by atoms with Crippen molar-refractivity contribution >= 4 is 34.4 Å². The number of hydrogen-bond donors (Lipinski definition) is 2. The van der Waals surface area contributed by atoms with Crippen LogP contribution in [0, 0.1) is 0 Å². The SMILES string of the molecule is NC(=O)C1CCCN1c1nc(Cl)nc2[nH]ncc12. The van der Waals surface area contributed by atoms with Crippen LogP contribution < -0.4 is 10.6 Å². The number of rotatable bonds is 2. The van der Waals surface area contributed by atoms with Crippen LogP contribution in [0.3, 0.4) is 0 Å². The first-order chi connectivity index (χ1) is 8.66. The van der Waals surface area contributed by atoms with Gasteiger partial charge in [0.2, 0.25) is 11.2 Å². The van der Waals surface area contributed by atoms with Crippen LogP contribution in [-0.4, -0.2) is 38.7 Å². The standard InChI is InChI=1S/C10H11ClN6O/c11-10-14-8-5(4-13-16-8)9(15-10)17-3-1-2-6(17)7(12)18/h4,6H,1-3H2,(H2,12,18)(H,13,14,15,16). The number of H-pyrrole nitrogens is 1. The van der Waals surface area contributed by atoms with E-state index in [9.17, 15) is 4.79 Å². The van der Waals surface area contributed by atoms with Gasteiger partial charge in [-0.2, -0.15) is 15.1 Å². The maximum atomic E-state index is 11.4. The molecule has 0 aliphatic carbocycles. The summed E-state index contributed by atoms with van der Waals surface area (Å²) in [5.74, 6) is 0.263. The van der Waals surface area contributed by atoms with Crippen molar-refractivity contribution in [1.82, 2.24) is 20.2 Å². The molecule has 8 heteroatoms. The maximum Gasteiger partial charge on any atom is 0.240 e. The molecule has 1 saturated heterocycles. The summed E-state index contributed by atoms with van der Waals surface area (Å²) in [6, 6.07) is -0.339. The van der Waals surface area contributed by atoms with Gasteiger partial charge in [0.1, 0.15) is 11.9 Å². The summed E-state index contributed by atoms with van der Waals surface area (Å²) >= 11 is 5.87. The topological polar surface area (TPSA) is 101 Å². The summed E-state index contributed by atoms with van der Waals surface area (Å²) in [6.45, 7) is 0.723. The number of nitrogens with two attached hydrogens (primary N) is 1. The third kappa shape index (κ3) is 1.67. The molecule has 2 aromatic rings. The predicted octanol–water partition coefficient (Wildman–Crippen LogP) is 0.460. The number of fused-ring (bicyclic) bond motifs is 1. The fourth-order valence-electron chi connectivity index (χ4n) is 2.33. The average Bonchev–Trinajstić information content (AvgIpc) is 2.95. The monoisotopic (exact) mass is 266 g/mol. The Morgan fingerprint density at radius 2 is 2.39 bits per heavy atom. The van der Waals surface area contributed by atoms with Gasteiger partial charge in [-0.15, -0.1) is 0 Å². The largest absolute Gasteiger partial charge is 0.368 e. The quantitative estimate of drug-likeness (QED) is 0.769. The molecule has 1 fully saturated rings. The molecule has 3 heterocycles. The summed E-state index contributed by atoms with van der Waals surface area (Å²) in [4.78, 5) is 21.5. The molecule has 0 spiro atoms. The van der Waals surface area contributed by atoms with Crippen LogP contribution in [0.4, 0.5) is 5.82 Å². The van der Waals surface area contributed by atoms with E-state index in [2.05, 4.69) is 20.2 Å². The molecule has 0 saturated carbocycles. The Morgan fingerprint density at radius 3 is 3.17 bits per heavy atom. The van der Waals surface area contributed by atoms with Crippen molar-refractivity contribution in [3.05, 3.63) is 11.5 Å². The number of primary amides is 1. The first-order valence-electron chi connectivity index (χ1n) is 5.59. The highest BCUT2D eigenvalue weighted by molar-refractivity contribution is 6.28.